The van der Waals surface area contributed by atoms with Crippen molar-refractivity contribution >= 4 is 28.7 Å². The molecule has 0 fully saturated rings. The van der Waals surface area contributed by atoms with E-state index in [2.05, 4.69) is 10.3 Å². The molecule has 0 aliphatic heterocycles. The van der Waals surface area contributed by atoms with Gasteiger partial charge in [-0.25, -0.2) is 9.97 Å². The van der Waals surface area contributed by atoms with E-state index >= 15 is 0 Å². The maximum atomic E-state index is 13.2. The van der Waals surface area contributed by atoms with Crippen molar-refractivity contribution in [1.29, 1.82) is 0 Å². The molecular formula is C23H25N5O2S. The van der Waals surface area contributed by atoms with Crippen molar-refractivity contribution in [2.75, 3.05) is 13.4 Å². The molecule has 31 heavy (non-hydrogen) atoms. The summed E-state index contributed by atoms with van der Waals surface area (Å²) in [4.78, 5) is 22.4. The molecule has 0 saturated carbocycles. The summed E-state index contributed by atoms with van der Waals surface area (Å²) in [5.74, 6) is 3.05. The first-order chi connectivity index (χ1) is 15.1. The number of aromatic nitrogens is 4. The van der Waals surface area contributed by atoms with Crippen molar-refractivity contribution in [3.63, 3.8) is 0 Å². The lowest BCUT2D eigenvalue weighted by molar-refractivity contribution is -0.122. The van der Waals surface area contributed by atoms with E-state index < -0.39 is 0 Å². The normalized spacial score (nSPS) is 12.1. The first kappa shape index (κ1) is 21.0. The van der Waals surface area contributed by atoms with Gasteiger partial charge in [0.05, 0.1) is 23.9 Å². The third-order valence-corrected chi connectivity index (χ3v) is 5.73. The summed E-state index contributed by atoms with van der Waals surface area (Å²) in [5, 5.41) is 3.17. The highest BCUT2D eigenvalue weighted by Crippen LogP contribution is 2.24. The Morgan fingerprint density at radius 2 is 1.97 bits per heavy atom. The third-order valence-electron chi connectivity index (χ3n) is 5.18. The van der Waals surface area contributed by atoms with Crippen molar-refractivity contribution in [3.05, 3.63) is 78.1 Å². The molecule has 0 bridgehead atoms. The van der Waals surface area contributed by atoms with Crippen LogP contribution in [0.2, 0.25) is 0 Å². The molecule has 0 spiro atoms. The molecule has 1 N–H and O–H groups in total. The fraction of sp³-hybridized carbons (Fsp3) is 0.261. The zero-order valence-corrected chi connectivity index (χ0v) is 18.6. The molecule has 8 heteroatoms. The van der Waals surface area contributed by atoms with Crippen LogP contribution in [-0.2, 0) is 24.1 Å². The van der Waals surface area contributed by atoms with Gasteiger partial charge in [0.1, 0.15) is 30.0 Å². The molecule has 1 amide bonds. The highest BCUT2D eigenvalue weighted by molar-refractivity contribution is 7.97. The summed E-state index contributed by atoms with van der Waals surface area (Å²) in [6.07, 6.45) is 5.64. The molecular weight excluding hydrogens is 410 g/mol. The Morgan fingerprint density at radius 3 is 2.65 bits per heavy atom. The number of methoxy groups -OCH3 is 1. The molecule has 0 radical (unpaired) electrons. The lowest BCUT2D eigenvalue weighted by atomic mass is 10.1. The number of fused-ring (bicyclic) bond motifs is 1. The number of aryl methyl sites for hydroxylation is 1. The average molecular weight is 436 g/mol. The number of nitrogens with zero attached hydrogens (tertiary/aromatic N) is 4. The van der Waals surface area contributed by atoms with Gasteiger partial charge in [-0.15, -0.1) is 0 Å². The van der Waals surface area contributed by atoms with E-state index in [1.165, 1.54) is 0 Å². The van der Waals surface area contributed by atoms with Crippen LogP contribution in [0.25, 0.3) is 11.0 Å². The number of hydrogen-bond donors (Lipinski definition) is 1. The van der Waals surface area contributed by atoms with Crippen molar-refractivity contribution in [2.45, 2.75) is 18.3 Å². The van der Waals surface area contributed by atoms with Gasteiger partial charge < -0.3 is 19.2 Å². The Labute approximate surface area is 185 Å². The van der Waals surface area contributed by atoms with E-state index in [-0.39, 0.29) is 18.5 Å². The number of carbonyl (C=O) groups is 1. The van der Waals surface area contributed by atoms with Gasteiger partial charge in [0.25, 0.3) is 0 Å². The van der Waals surface area contributed by atoms with E-state index in [1.807, 2.05) is 77.2 Å². The quantitative estimate of drug-likeness (QED) is 0.458. The Hall–Kier alpha value is -3.26. The minimum Gasteiger partial charge on any atom is -0.497 e. The molecule has 4 rings (SSSR count). The van der Waals surface area contributed by atoms with Gasteiger partial charge >= 0.3 is 0 Å². The second-order valence-electron chi connectivity index (χ2n) is 7.21. The molecule has 0 saturated heterocycles. The molecule has 160 valence electrons. The second kappa shape index (κ2) is 9.26. The summed E-state index contributed by atoms with van der Waals surface area (Å²) >= 11 is 1.69. The maximum Gasteiger partial charge on any atom is 0.240 e. The molecule has 0 unspecified atom stereocenters. The number of rotatable bonds is 8. The fourth-order valence-electron chi connectivity index (χ4n) is 3.64. The number of ether oxygens (including phenoxy) is 1. The predicted octanol–water partition coefficient (Wildman–Crippen LogP) is 3.55. The van der Waals surface area contributed by atoms with Crippen LogP contribution >= 0.6 is 11.8 Å². The van der Waals surface area contributed by atoms with Crippen molar-refractivity contribution in [3.8, 4) is 5.75 Å². The predicted molar refractivity (Wildman–Crippen MR) is 123 cm³/mol. The Bertz CT molecular complexity index is 1180. The van der Waals surface area contributed by atoms with Crippen LogP contribution in [0.3, 0.4) is 0 Å². The number of hydrogen-bond acceptors (Lipinski definition) is 5. The second-order valence-corrected chi connectivity index (χ2v) is 8.07. The largest absolute Gasteiger partial charge is 0.497 e. The van der Waals surface area contributed by atoms with Crippen molar-refractivity contribution < 1.29 is 9.53 Å². The van der Waals surface area contributed by atoms with E-state index in [1.54, 1.807) is 25.1 Å². The summed E-state index contributed by atoms with van der Waals surface area (Å²) in [6, 6.07) is 15.2. The van der Waals surface area contributed by atoms with Crippen LogP contribution in [0.1, 0.15) is 23.3 Å². The van der Waals surface area contributed by atoms with Gasteiger partial charge in [0.2, 0.25) is 5.91 Å². The Morgan fingerprint density at radius 1 is 1.19 bits per heavy atom. The summed E-state index contributed by atoms with van der Waals surface area (Å²) in [5.41, 5.74) is 2.79. The van der Waals surface area contributed by atoms with Crippen molar-refractivity contribution in [1.82, 2.24) is 24.4 Å². The van der Waals surface area contributed by atoms with E-state index in [0.29, 0.717) is 0 Å². The molecule has 2 heterocycles. The SMILES string of the molecule is COc1ccc([C@@H](NC(=O)Cn2c(CSC)nc3ccccc32)c2nccn2C)cc1. The van der Waals surface area contributed by atoms with Gasteiger partial charge in [-0.05, 0) is 36.1 Å². The lowest BCUT2D eigenvalue weighted by Crippen LogP contribution is -2.34. The third kappa shape index (κ3) is 4.44. The molecule has 0 aliphatic carbocycles. The number of para-hydroxylation sites is 2. The lowest BCUT2D eigenvalue weighted by Gasteiger charge is -2.20. The van der Waals surface area contributed by atoms with Crippen LogP contribution < -0.4 is 10.1 Å². The summed E-state index contributed by atoms with van der Waals surface area (Å²) < 4.78 is 9.18. The summed E-state index contributed by atoms with van der Waals surface area (Å²) in [6.45, 7) is 0.188. The maximum absolute atomic E-state index is 13.2. The van der Waals surface area contributed by atoms with Crippen LogP contribution in [0.15, 0.2) is 60.9 Å². The van der Waals surface area contributed by atoms with Gasteiger partial charge in [0.15, 0.2) is 0 Å². The van der Waals surface area contributed by atoms with E-state index in [9.17, 15) is 4.79 Å². The number of imidazole rings is 2. The highest BCUT2D eigenvalue weighted by atomic mass is 32.2. The number of benzene rings is 2. The highest BCUT2D eigenvalue weighted by Gasteiger charge is 2.22. The van der Waals surface area contributed by atoms with Crippen molar-refractivity contribution in [2.24, 2.45) is 7.05 Å². The zero-order valence-electron chi connectivity index (χ0n) is 17.8. The monoisotopic (exact) mass is 435 g/mol. The average Bonchev–Trinajstić information content (AvgIpc) is 3.36. The van der Waals surface area contributed by atoms with Crippen LogP contribution in [0, 0.1) is 0 Å². The zero-order chi connectivity index (χ0) is 21.8. The Balaban J connectivity index is 1.63. The molecule has 7 nitrogen and oxygen atoms in total. The molecule has 4 aromatic rings. The fourth-order valence-corrected chi connectivity index (χ4v) is 4.12. The van der Waals surface area contributed by atoms with Crippen LogP contribution in [0.5, 0.6) is 5.75 Å². The number of thioether (sulfide) groups is 1. The Kier molecular flexibility index (Phi) is 6.27. The molecule has 2 aromatic carbocycles. The number of carbonyl (C=O) groups excluding carboxylic acids is 1. The molecule has 1 atom stereocenters. The first-order valence-corrected chi connectivity index (χ1v) is 11.3. The smallest absolute Gasteiger partial charge is 0.240 e. The van der Waals surface area contributed by atoms with E-state index in [0.717, 1.165) is 39.7 Å². The van der Waals surface area contributed by atoms with Gasteiger partial charge in [-0.3, -0.25) is 4.79 Å². The minimum absolute atomic E-state index is 0.102. The van der Waals surface area contributed by atoms with E-state index in [4.69, 9.17) is 9.72 Å². The molecule has 2 aromatic heterocycles. The number of amides is 1. The van der Waals surface area contributed by atoms with Gasteiger partial charge in [-0.1, -0.05) is 24.3 Å². The number of nitrogens with one attached hydrogen (secondary N) is 1. The topological polar surface area (TPSA) is 74.0 Å². The van der Waals surface area contributed by atoms with Crippen LogP contribution in [0.4, 0.5) is 0 Å². The van der Waals surface area contributed by atoms with Gasteiger partial charge in [0, 0.05) is 19.4 Å². The summed E-state index contributed by atoms with van der Waals surface area (Å²) in [7, 11) is 3.56. The van der Waals surface area contributed by atoms with Gasteiger partial charge in [-0.2, -0.15) is 11.8 Å². The molecule has 0 aliphatic rings. The standard InChI is InChI=1S/C23H25N5O2S/c1-27-13-12-24-23(27)22(16-8-10-17(30-2)11-9-16)26-21(29)14-28-19-7-5-4-6-18(19)25-20(28)15-31-3/h4-13,22H,14-15H2,1-3H3,(H,26,29)/t22-/m1/s1. The minimum atomic E-state index is -0.378. The first-order valence-electron chi connectivity index (χ1n) is 9.94. The van der Waals surface area contributed by atoms with Crippen LogP contribution in [-0.4, -0.2) is 38.4 Å².